The normalized spacial score (nSPS) is 18.2. The number of fused-ring (bicyclic) bond motifs is 1. The van der Waals surface area contributed by atoms with Gasteiger partial charge in [0, 0.05) is 63.0 Å². The number of hydrogen-bond donors (Lipinski definition) is 1. The number of nitrogens with one attached hydrogen (secondary N) is 1. The summed E-state index contributed by atoms with van der Waals surface area (Å²) in [7, 11) is 4.56. The van der Waals surface area contributed by atoms with Gasteiger partial charge in [0.15, 0.2) is 0 Å². The Morgan fingerprint density at radius 2 is 1.76 bits per heavy atom. The number of amides is 2. The number of H-pyrrole nitrogens is 1. The molecule has 3 aromatic rings. The lowest BCUT2D eigenvalue weighted by molar-refractivity contribution is -0.124. The molecule has 9 heteroatoms. The van der Waals surface area contributed by atoms with E-state index >= 15 is 0 Å². The van der Waals surface area contributed by atoms with Crippen LogP contribution in [-0.4, -0.2) is 83.7 Å². The second-order valence-corrected chi connectivity index (χ2v) is 9.96. The molecular formula is C28H33FN4O4. The summed E-state index contributed by atoms with van der Waals surface area (Å²) in [4.78, 5) is 47.7. The van der Waals surface area contributed by atoms with Crippen LogP contribution in [0.1, 0.15) is 45.8 Å². The van der Waals surface area contributed by atoms with E-state index < -0.39 is 11.7 Å². The summed E-state index contributed by atoms with van der Waals surface area (Å²) in [5, 5.41) is 0.512. The second kappa shape index (κ2) is 10.3. The van der Waals surface area contributed by atoms with Gasteiger partial charge < -0.3 is 19.5 Å². The smallest absolute Gasteiger partial charge is 0.294 e. The lowest BCUT2D eigenvalue weighted by Crippen LogP contribution is -2.57. The highest BCUT2D eigenvalue weighted by Crippen LogP contribution is 2.32. The zero-order chi connectivity index (χ0) is 27.0. The van der Waals surface area contributed by atoms with Crippen molar-refractivity contribution in [1.82, 2.24) is 19.7 Å². The average Bonchev–Trinajstić information content (AvgIpc) is 3.19. The molecule has 0 aliphatic carbocycles. The maximum atomic E-state index is 13.8. The van der Waals surface area contributed by atoms with Gasteiger partial charge in [0.2, 0.25) is 0 Å². The largest absolute Gasteiger partial charge is 0.496 e. The number of ketones is 1. The number of carbonyl (C=O) groups is 3. The molecule has 2 aromatic carbocycles. The van der Waals surface area contributed by atoms with Crippen molar-refractivity contribution in [1.29, 1.82) is 0 Å². The molecule has 0 saturated carbocycles. The Bertz CT molecular complexity index is 1350. The summed E-state index contributed by atoms with van der Waals surface area (Å²) >= 11 is 0. The topological polar surface area (TPSA) is 85.9 Å². The molecule has 8 nitrogen and oxygen atoms in total. The lowest BCUT2D eigenvalue weighted by atomic mass is 10.0. The fourth-order valence-electron chi connectivity index (χ4n) is 4.98. The Morgan fingerprint density at radius 1 is 1.08 bits per heavy atom. The van der Waals surface area contributed by atoms with Crippen molar-refractivity contribution in [3.63, 3.8) is 0 Å². The predicted octanol–water partition coefficient (Wildman–Crippen LogP) is 3.63. The molecule has 2 amide bonds. The van der Waals surface area contributed by atoms with Crippen molar-refractivity contribution in [2.45, 2.75) is 39.4 Å². The Labute approximate surface area is 216 Å². The number of aromatic nitrogens is 1. The van der Waals surface area contributed by atoms with Crippen molar-refractivity contribution in [2.75, 3.05) is 34.3 Å². The third-order valence-electron chi connectivity index (χ3n) is 7.04. The zero-order valence-electron chi connectivity index (χ0n) is 22.1. The molecule has 0 spiro atoms. The molecule has 1 fully saturated rings. The molecule has 37 heavy (non-hydrogen) atoms. The van der Waals surface area contributed by atoms with E-state index in [1.807, 2.05) is 11.8 Å². The number of ether oxygens (including phenoxy) is 1. The number of piperazine rings is 1. The molecule has 1 saturated heterocycles. The van der Waals surface area contributed by atoms with E-state index in [0.29, 0.717) is 47.5 Å². The van der Waals surface area contributed by atoms with E-state index in [2.05, 4.69) is 16.8 Å². The van der Waals surface area contributed by atoms with Gasteiger partial charge in [0.05, 0.1) is 23.8 Å². The monoisotopic (exact) mass is 508 g/mol. The highest BCUT2D eigenvalue weighted by Gasteiger charge is 2.34. The number of aryl methyl sites for hydroxylation is 1. The molecule has 1 aliphatic heterocycles. The van der Waals surface area contributed by atoms with Crippen molar-refractivity contribution in [3.8, 4) is 5.75 Å². The summed E-state index contributed by atoms with van der Waals surface area (Å²) in [6.45, 7) is 7.61. The van der Waals surface area contributed by atoms with Crippen LogP contribution in [0, 0.1) is 12.7 Å². The van der Waals surface area contributed by atoms with Crippen LogP contribution in [0.3, 0.4) is 0 Å². The standard InChI is InChI=1S/C28H33FN4O4/c1-16-14-33(17(2)13-32(16)15-19-7-9-20(29)10-8-19)27(35)22-11-21-23(12-24(22)37-6)30-18(3)25(21)26(34)28(36)31(4)5/h7-12,16-17,30H,13-15H2,1-6H3/t16-,17+/m0/s1. The average molecular weight is 509 g/mol. The van der Waals surface area contributed by atoms with E-state index in [1.54, 1.807) is 31.2 Å². The molecule has 1 aliphatic rings. The third-order valence-corrected chi connectivity index (χ3v) is 7.04. The number of Topliss-reactive ketones (excluding diaryl/α,β-unsaturated/α-hetero) is 1. The minimum absolute atomic E-state index is 0.0734. The fourth-order valence-corrected chi connectivity index (χ4v) is 4.98. The predicted molar refractivity (Wildman–Crippen MR) is 139 cm³/mol. The first-order valence-corrected chi connectivity index (χ1v) is 12.3. The molecule has 0 radical (unpaired) electrons. The van der Waals surface area contributed by atoms with Crippen LogP contribution in [0.25, 0.3) is 10.9 Å². The number of hydrogen-bond acceptors (Lipinski definition) is 5. The molecular weight excluding hydrogens is 475 g/mol. The highest BCUT2D eigenvalue weighted by molar-refractivity contribution is 6.45. The molecule has 1 aromatic heterocycles. The van der Waals surface area contributed by atoms with Crippen molar-refractivity contribution in [2.24, 2.45) is 0 Å². The molecule has 4 rings (SSSR count). The van der Waals surface area contributed by atoms with E-state index in [0.717, 1.165) is 5.56 Å². The van der Waals surface area contributed by atoms with E-state index in [-0.39, 0.29) is 29.4 Å². The lowest BCUT2D eigenvalue weighted by Gasteiger charge is -2.44. The van der Waals surface area contributed by atoms with Gasteiger partial charge in [-0.25, -0.2) is 4.39 Å². The zero-order valence-corrected chi connectivity index (χ0v) is 22.1. The van der Waals surface area contributed by atoms with Crippen LogP contribution in [0.4, 0.5) is 4.39 Å². The SMILES string of the molecule is COc1cc2[nH]c(C)c(C(=O)C(=O)N(C)C)c2cc1C(=O)N1C[C@H](C)N(Cc2ccc(F)cc2)C[C@H]1C. The molecule has 2 heterocycles. The Kier molecular flexibility index (Phi) is 7.36. The van der Waals surface area contributed by atoms with Crippen LogP contribution in [-0.2, 0) is 11.3 Å². The minimum atomic E-state index is -0.632. The Hall–Kier alpha value is -3.72. The number of nitrogens with zero attached hydrogens (tertiary/aromatic N) is 3. The first kappa shape index (κ1) is 26.3. The fraction of sp³-hybridized carbons (Fsp3) is 0.393. The molecule has 2 atom stereocenters. The van der Waals surface area contributed by atoms with Crippen LogP contribution >= 0.6 is 0 Å². The van der Waals surface area contributed by atoms with Gasteiger partial charge in [0.1, 0.15) is 11.6 Å². The van der Waals surface area contributed by atoms with Gasteiger partial charge in [-0.1, -0.05) is 12.1 Å². The molecule has 1 N–H and O–H groups in total. The summed E-state index contributed by atoms with van der Waals surface area (Å²) in [6.07, 6.45) is 0. The number of likely N-dealkylation sites (N-methyl/N-ethyl adjacent to an activating group) is 1. The first-order valence-electron chi connectivity index (χ1n) is 12.3. The van der Waals surface area contributed by atoms with Crippen LogP contribution in [0.5, 0.6) is 5.75 Å². The van der Waals surface area contributed by atoms with E-state index in [4.69, 9.17) is 4.74 Å². The van der Waals surface area contributed by atoms with Crippen LogP contribution < -0.4 is 4.74 Å². The maximum Gasteiger partial charge on any atom is 0.294 e. The summed E-state index contributed by atoms with van der Waals surface area (Å²) < 4.78 is 18.9. The van der Waals surface area contributed by atoms with Gasteiger partial charge in [-0.15, -0.1) is 0 Å². The van der Waals surface area contributed by atoms with Gasteiger partial charge in [-0.05, 0) is 44.5 Å². The number of carbonyl (C=O) groups excluding carboxylic acids is 3. The maximum absolute atomic E-state index is 13.8. The van der Waals surface area contributed by atoms with Gasteiger partial charge in [-0.2, -0.15) is 0 Å². The number of methoxy groups -OCH3 is 1. The first-order chi connectivity index (χ1) is 17.5. The number of aromatic amines is 1. The van der Waals surface area contributed by atoms with Crippen LogP contribution in [0.15, 0.2) is 36.4 Å². The number of benzene rings is 2. The molecule has 196 valence electrons. The van der Waals surface area contributed by atoms with Crippen molar-refractivity contribution in [3.05, 3.63) is 64.6 Å². The Morgan fingerprint density at radius 3 is 2.38 bits per heavy atom. The highest BCUT2D eigenvalue weighted by atomic mass is 19.1. The summed E-state index contributed by atoms with van der Waals surface area (Å²) in [5.74, 6) is -1.33. The van der Waals surface area contributed by atoms with Gasteiger partial charge in [-0.3, -0.25) is 19.3 Å². The number of rotatable bonds is 6. The summed E-state index contributed by atoms with van der Waals surface area (Å²) in [5.41, 5.74) is 2.78. The summed E-state index contributed by atoms with van der Waals surface area (Å²) in [6, 6.07) is 9.81. The van der Waals surface area contributed by atoms with Crippen LogP contribution in [0.2, 0.25) is 0 Å². The second-order valence-electron chi connectivity index (χ2n) is 9.96. The molecule has 0 unspecified atom stereocenters. The number of halogens is 1. The van der Waals surface area contributed by atoms with Gasteiger partial charge in [0.25, 0.3) is 17.6 Å². The van der Waals surface area contributed by atoms with Crippen molar-refractivity contribution < 1.29 is 23.5 Å². The van der Waals surface area contributed by atoms with Gasteiger partial charge >= 0.3 is 0 Å². The Balaban J connectivity index is 1.63. The quantitative estimate of drug-likeness (QED) is 0.406. The molecule has 0 bridgehead atoms. The van der Waals surface area contributed by atoms with E-state index in [1.165, 1.54) is 38.2 Å². The third kappa shape index (κ3) is 5.09. The van der Waals surface area contributed by atoms with E-state index in [9.17, 15) is 18.8 Å². The minimum Gasteiger partial charge on any atom is -0.496 e. The van der Waals surface area contributed by atoms with Crippen molar-refractivity contribution >= 4 is 28.5 Å².